The highest BCUT2D eigenvalue weighted by atomic mass is 16.5. The Morgan fingerprint density at radius 1 is 1.53 bits per heavy atom. The van der Waals surface area contributed by atoms with Crippen LogP contribution in [0.15, 0.2) is 24.5 Å². The molecule has 4 heteroatoms. The Morgan fingerprint density at radius 2 is 2.24 bits per heavy atom. The Balaban J connectivity index is 1.99. The Hall–Kier alpha value is -1.42. The minimum absolute atomic E-state index is 0.192. The third kappa shape index (κ3) is 3.03. The van der Waals surface area contributed by atoms with Crippen molar-refractivity contribution in [1.82, 2.24) is 10.3 Å². The first-order valence-electron chi connectivity index (χ1n) is 6.02. The maximum Gasteiger partial charge on any atom is 0.314 e. The largest absolute Gasteiger partial charge is 0.469 e. The first-order chi connectivity index (χ1) is 8.31. The Kier molecular flexibility index (Phi) is 4.09. The number of pyridine rings is 1. The molecule has 0 saturated heterocycles. The number of rotatable bonds is 5. The lowest BCUT2D eigenvalue weighted by molar-refractivity contribution is -0.142. The lowest BCUT2D eigenvalue weighted by atomic mass is 9.92. The topological polar surface area (TPSA) is 51.2 Å². The van der Waals surface area contributed by atoms with Crippen LogP contribution in [0.5, 0.6) is 0 Å². The molecular weight excluding hydrogens is 216 g/mol. The van der Waals surface area contributed by atoms with E-state index in [0.717, 1.165) is 5.56 Å². The van der Waals surface area contributed by atoms with Gasteiger partial charge in [0.15, 0.2) is 0 Å². The third-order valence-electron chi connectivity index (χ3n) is 3.31. The normalized spacial score (nSPS) is 17.2. The standard InChI is InChI=1S/C13H18N2O2/c1-17-13(16)12(9-15-11-3-2-4-11)10-5-7-14-8-6-10/h5-8,11-12,15H,2-4,9H2,1H3. The van der Waals surface area contributed by atoms with Gasteiger partial charge in [-0.25, -0.2) is 0 Å². The van der Waals surface area contributed by atoms with Gasteiger partial charge in [0.05, 0.1) is 13.0 Å². The molecule has 0 spiro atoms. The molecule has 1 N–H and O–H groups in total. The maximum atomic E-state index is 11.7. The summed E-state index contributed by atoms with van der Waals surface area (Å²) in [7, 11) is 1.43. The van der Waals surface area contributed by atoms with Gasteiger partial charge in [-0.2, -0.15) is 0 Å². The molecule has 92 valence electrons. The molecule has 1 aromatic heterocycles. The SMILES string of the molecule is COC(=O)C(CNC1CCC1)c1ccncc1. The number of ether oxygens (including phenoxy) is 1. The smallest absolute Gasteiger partial charge is 0.314 e. The van der Waals surface area contributed by atoms with Crippen LogP contribution < -0.4 is 5.32 Å². The summed E-state index contributed by atoms with van der Waals surface area (Å²) in [5.41, 5.74) is 0.957. The van der Waals surface area contributed by atoms with Gasteiger partial charge in [0.2, 0.25) is 0 Å². The molecule has 4 nitrogen and oxygen atoms in total. The Bertz CT molecular complexity index is 363. The summed E-state index contributed by atoms with van der Waals surface area (Å²) in [6.07, 6.45) is 7.12. The second-order valence-electron chi connectivity index (χ2n) is 4.39. The number of carbonyl (C=O) groups is 1. The third-order valence-corrected chi connectivity index (χ3v) is 3.31. The minimum Gasteiger partial charge on any atom is -0.469 e. The van der Waals surface area contributed by atoms with Crippen LogP contribution in [0.1, 0.15) is 30.7 Å². The van der Waals surface area contributed by atoms with Crippen molar-refractivity contribution >= 4 is 5.97 Å². The van der Waals surface area contributed by atoms with E-state index in [1.54, 1.807) is 12.4 Å². The van der Waals surface area contributed by atoms with Crippen molar-refractivity contribution in [2.45, 2.75) is 31.2 Å². The van der Waals surface area contributed by atoms with E-state index in [9.17, 15) is 4.79 Å². The number of aromatic nitrogens is 1. The van der Waals surface area contributed by atoms with Gasteiger partial charge in [-0.05, 0) is 30.5 Å². The molecule has 1 atom stereocenters. The van der Waals surface area contributed by atoms with Crippen molar-refractivity contribution < 1.29 is 9.53 Å². The predicted molar refractivity (Wildman–Crippen MR) is 64.6 cm³/mol. The predicted octanol–water partition coefficient (Wildman–Crippen LogP) is 1.48. The minimum atomic E-state index is -0.233. The Morgan fingerprint density at radius 3 is 2.76 bits per heavy atom. The highest BCUT2D eigenvalue weighted by Gasteiger charge is 2.24. The number of carbonyl (C=O) groups excluding carboxylic acids is 1. The summed E-state index contributed by atoms with van der Waals surface area (Å²) in [5.74, 6) is -0.424. The Labute approximate surface area is 101 Å². The van der Waals surface area contributed by atoms with Crippen molar-refractivity contribution in [2.24, 2.45) is 0 Å². The van der Waals surface area contributed by atoms with Crippen molar-refractivity contribution in [1.29, 1.82) is 0 Å². The van der Waals surface area contributed by atoms with Gasteiger partial charge in [0, 0.05) is 25.0 Å². The molecule has 1 unspecified atom stereocenters. The molecule has 1 heterocycles. The molecule has 0 aromatic carbocycles. The van der Waals surface area contributed by atoms with Crippen LogP contribution in [0.4, 0.5) is 0 Å². The second kappa shape index (κ2) is 5.77. The number of nitrogens with zero attached hydrogens (tertiary/aromatic N) is 1. The van der Waals surface area contributed by atoms with Crippen LogP contribution in [0, 0.1) is 0 Å². The zero-order valence-corrected chi connectivity index (χ0v) is 10.1. The number of nitrogens with one attached hydrogen (secondary N) is 1. The van der Waals surface area contributed by atoms with Crippen molar-refractivity contribution in [2.75, 3.05) is 13.7 Å². The van der Waals surface area contributed by atoms with Gasteiger partial charge >= 0.3 is 5.97 Å². The molecule has 0 bridgehead atoms. The van der Waals surface area contributed by atoms with E-state index in [0.29, 0.717) is 12.6 Å². The van der Waals surface area contributed by atoms with Gasteiger partial charge in [-0.3, -0.25) is 9.78 Å². The lowest BCUT2D eigenvalue weighted by Gasteiger charge is -2.28. The average Bonchev–Trinajstić information content (AvgIpc) is 2.32. The van der Waals surface area contributed by atoms with Gasteiger partial charge in [-0.1, -0.05) is 6.42 Å². The molecule has 2 rings (SSSR count). The van der Waals surface area contributed by atoms with Crippen LogP contribution in [0.2, 0.25) is 0 Å². The van der Waals surface area contributed by atoms with Crippen molar-refractivity contribution in [3.8, 4) is 0 Å². The van der Waals surface area contributed by atoms with E-state index < -0.39 is 0 Å². The van der Waals surface area contributed by atoms with Crippen LogP contribution in [0.3, 0.4) is 0 Å². The van der Waals surface area contributed by atoms with E-state index in [1.807, 2.05) is 12.1 Å². The monoisotopic (exact) mass is 234 g/mol. The average molecular weight is 234 g/mol. The van der Waals surface area contributed by atoms with Crippen LogP contribution >= 0.6 is 0 Å². The molecular formula is C13H18N2O2. The van der Waals surface area contributed by atoms with Crippen LogP contribution in [-0.2, 0) is 9.53 Å². The molecule has 0 aliphatic heterocycles. The molecule has 1 saturated carbocycles. The fraction of sp³-hybridized carbons (Fsp3) is 0.538. The van der Waals surface area contributed by atoms with Gasteiger partial charge in [0.1, 0.15) is 0 Å². The molecule has 0 radical (unpaired) electrons. The molecule has 1 aliphatic rings. The first-order valence-corrected chi connectivity index (χ1v) is 6.02. The number of hydrogen-bond acceptors (Lipinski definition) is 4. The number of methoxy groups -OCH3 is 1. The molecule has 1 fully saturated rings. The first kappa shape index (κ1) is 12.0. The summed E-state index contributed by atoms with van der Waals surface area (Å²) in [6.45, 7) is 0.640. The molecule has 0 amide bonds. The van der Waals surface area contributed by atoms with Crippen LogP contribution in [0.25, 0.3) is 0 Å². The maximum absolute atomic E-state index is 11.7. The second-order valence-corrected chi connectivity index (χ2v) is 4.39. The van der Waals surface area contributed by atoms with E-state index in [4.69, 9.17) is 4.74 Å². The highest BCUT2D eigenvalue weighted by molar-refractivity contribution is 5.78. The van der Waals surface area contributed by atoms with Gasteiger partial charge in [-0.15, -0.1) is 0 Å². The van der Waals surface area contributed by atoms with Crippen molar-refractivity contribution in [3.63, 3.8) is 0 Å². The molecule has 17 heavy (non-hydrogen) atoms. The van der Waals surface area contributed by atoms with E-state index in [2.05, 4.69) is 10.3 Å². The number of esters is 1. The lowest BCUT2D eigenvalue weighted by Crippen LogP contribution is -2.39. The molecule has 1 aliphatic carbocycles. The van der Waals surface area contributed by atoms with E-state index in [1.165, 1.54) is 26.4 Å². The summed E-state index contributed by atoms with van der Waals surface area (Å²) < 4.78 is 4.85. The molecule has 1 aromatic rings. The zero-order valence-electron chi connectivity index (χ0n) is 10.1. The summed E-state index contributed by atoms with van der Waals surface area (Å²) >= 11 is 0. The van der Waals surface area contributed by atoms with Crippen molar-refractivity contribution in [3.05, 3.63) is 30.1 Å². The zero-order chi connectivity index (χ0) is 12.1. The van der Waals surface area contributed by atoms with E-state index >= 15 is 0 Å². The van der Waals surface area contributed by atoms with Gasteiger partial charge < -0.3 is 10.1 Å². The van der Waals surface area contributed by atoms with E-state index in [-0.39, 0.29) is 11.9 Å². The highest BCUT2D eigenvalue weighted by Crippen LogP contribution is 2.21. The summed E-state index contributed by atoms with van der Waals surface area (Å²) in [6, 6.07) is 4.30. The summed E-state index contributed by atoms with van der Waals surface area (Å²) in [5, 5.41) is 3.41. The quantitative estimate of drug-likeness (QED) is 0.784. The van der Waals surface area contributed by atoms with Gasteiger partial charge in [0.25, 0.3) is 0 Å². The van der Waals surface area contributed by atoms with Crippen LogP contribution in [-0.4, -0.2) is 30.6 Å². The fourth-order valence-electron chi connectivity index (χ4n) is 1.97. The number of hydrogen-bond donors (Lipinski definition) is 1. The summed E-state index contributed by atoms with van der Waals surface area (Å²) in [4.78, 5) is 15.7. The fourth-order valence-corrected chi connectivity index (χ4v) is 1.97.